The predicted molar refractivity (Wildman–Crippen MR) is 142 cm³/mol. The van der Waals surface area contributed by atoms with E-state index < -0.39 is 28.5 Å². The number of carbonyl (C=O) groups excluding carboxylic acids is 3. The van der Waals surface area contributed by atoms with Crippen LogP contribution >= 0.6 is 23.5 Å². The molecule has 0 saturated carbocycles. The maximum atomic E-state index is 12.9. The fourth-order valence-corrected chi connectivity index (χ4v) is 5.43. The number of thioether (sulfide) groups is 1. The monoisotopic (exact) mass is 549 g/mol. The lowest BCUT2D eigenvalue weighted by Gasteiger charge is -2.12. The SMILES string of the molecule is Cc1ccc(Sc2ccc(C=C3SC(=O)N(CC(=O)Nc4ccc5c(c4)OCO5)C3=O)cc2[N+](=O)[O-])cc1. The second kappa shape index (κ2) is 10.6. The molecule has 3 aromatic rings. The van der Waals surface area contributed by atoms with E-state index in [4.69, 9.17) is 9.47 Å². The third-order valence-corrected chi connectivity index (χ3v) is 7.54. The number of carbonyl (C=O) groups is 3. The van der Waals surface area contributed by atoms with E-state index in [0.29, 0.717) is 39.4 Å². The largest absolute Gasteiger partial charge is 0.454 e. The van der Waals surface area contributed by atoms with E-state index in [1.807, 2.05) is 31.2 Å². The van der Waals surface area contributed by atoms with E-state index in [1.54, 1.807) is 30.3 Å². The molecule has 1 saturated heterocycles. The number of anilines is 1. The van der Waals surface area contributed by atoms with Crippen LogP contribution in [0.4, 0.5) is 16.2 Å². The predicted octanol–water partition coefficient (Wildman–Crippen LogP) is 5.46. The van der Waals surface area contributed by atoms with Crippen LogP contribution in [0.1, 0.15) is 11.1 Å². The Morgan fingerprint density at radius 1 is 1.11 bits per heavy atom. The number of nitrogens with zero attached hydrogens (tertiary/aromatic N) is 2. The summed E-state index contributed by atoms with van der Waals surface area (Å²) >= 11 is 1.93. The van der Waals surface area contributed by atoms with Gasteiger partial charge in [0.1, 0.15) is 6.54 Å². The molecule has 12 heteroatoms. The summed E-state index contributed by atoms with van der Waals surface area (Å²) in [6, 6.07) is 17.1. The van der Waals surface area contributed by atoms with Crippen LogP contribution in [0.3, 0.4) is 0 Å². The molecule has 3 aromatic carbocycles. The van der Waals surface area contributed by atoms with Crippen molar-refractivity contribution in [1.82, 2.24) is 4.90 Å². The van der Waals surface area contributed by atoms with E-state index >= 15 is 0 Å². The zero-order chi connectivity index (χ0) is 26.8. The number of amides is 3. The molecule has 3 amide bonds. The topological polar surface area (TPSA) is 128 Å². The van der Waals surface area contributed by atoms with Crippen molar-refractivity contribution in [2.75, 3.05) is 18.7 Å². The third-order valence-electron chi connectivity index (χ3n) is 5.56. The number of hydrogen-bond donors (Lipinski definition) is 1. The van der Waals surface area contributed by atoms with Gasteiger partial charge in [0.15, 0.2) is 11.5 Å². The number of hydrogen-bond acceptors (Lipinski definition) is 9. The number of fused-ring (bicyclic) bond motifs is 1. The number of imide groups is 1. The minimum atomic E-state index is -0.651. The molecule has 1 N–H and O–H groups in total. The Balaban J connectivity index is 1.29. The Hall–Kier alpha value is -4.29. The Kier molecular flexibility index (Phi) is 7.07. The third kappa shape index (κ3) is 5.50. The summed E-state index contributed by atoms with van der Waals surface area (Å²) in [5, 5.41) is 13.8. The molecular weight excluding hydrogens is 530 g/mol. The van der Waals surface area contributed by atoms with Crippen molar-refractivity contribution in [3.8, 4) is 11.5 Å². The Morgan fingerprint density at radius 3 is 2.63 bits per heavy atom. The van der Waals surface area contributed by atoms with Crippen LogP contribution in [0.15, 0.2) is 75.4 Å². The molecule has 0 aromatic heterocycles. The van der Waals surface area contributed by atoms with Gasteiger partial charge in [-0.2, -0.15) is 0 Å². The molecule has 192 valence electrons. The van der Waals surface area contributed by atoms with Crippen LogP contribution in [-0.4, -0.2) is 40.2 Å². The number of ether oxygens (including phenoxy) is 2. The van der Waals surface area contributed by atoms with Crippen molar-refractivity contribution >= 4 is 58.0 Å². The van der Waals surface area contributed by atoms with Crippen molar-refractivity contribution < 1.29 is 28.8 Å². The van der Waals surface area contributed by atoms with E-state index in [0.717, 1.165) is 15.4 Å². The molecular formula is C26H19N3O7S2. The second-order valence-electron chi connectivity index (χ2n) is 8.28. The average Bonchev–Trinajstić information content (AvgIpc) is 3.45. The van der Waals surface area contributed by atoms with Crippen molar-refractivity contribution in [3.05, 3.63) is 86.8 Å². The molecule has 2 heterocycles. The highest BCUT2D eigenvalue weighted by atomic mass is 32.2. The zero-order valence-corrected chi connectivity index (χ0v) is 21.5. The lowest BCUT2D eigenvalue weighted by molar-refractivity contribution is -0.387. The highest BCUT2D eigenvalue weighted by Gasteiger charge is 2.36. The van der Waals surface area contributed by atoms with Gasteiger partial charge in [-0.15, -0.1) is 0 Å². The van der Waals surface area contributed by atoms with E-state index in [1.165, 1.54) is 23.9 Å². The van der Waals surface area contributed by atoms with Crippen LogP contribution in [0.2, 0.25) is 0 Å². The minimum Gasteiger partial charge on any atom is -0.454 e. The number of nitro groups is 1. The first kappa shape index (κ1) is 25.4. The van der Waals surface area contributed by atoms with Gasteiger partial charge in [0, 0.05) is 22.7 Å². The number of benzene rings is 3. The highest BCUT2D eigenvalue weighted by Crippen LogP contribution is 2.38. The number of aryl methyl sites for hydroxylation is 1. The molecule has 1 fully saturated rings. The van der Waals surface area contributed by atoms with Crippen molar-refractivity contribution in [1.29, 1.82) is 0 Å². The summed E-state index contributed by atoms with van der Waals surface area (Å²) in [5.74, 6) is -0.183. The standard InChI is InChI=1S/C26H19N3O7S2/c1-15-2-6-18(7-3-15)37-22-9-4-16(10-19(22)29(33)34)11-23-25(31)28(26(32)38-23)13-24(30)27-17-5-8-20-21(12-17)36-14-35-20/h2-12H,13-14H2,1H3,(H,27,30). The maximum Gasteiger partial charge on any atom is 0.294 e. The summed E-state index contributed by atoms with van der Waals surface area (Å²) in [4.78, 5) is 51.3. The van der Waals surface area contributed by atoms with E-state index in [2.05, 4.69) is 5.32 Å². The molecule has 2 aliphatic rings. The lowest BCUT2D eigenvalue weighted by Crippen LogP contribution is -2.36. The summed E-state index contributed by atoms with van der Waals surface area (Å²) in [6.45, 7) is 1.56. The Morgan fingerprint density at radius 2 is 1.87 bits per heavy atom. The van der Waals surface area contributed by atoms with E-state index in [-0.39, 0.29) is 17.4 Å². The quantitative estimate of drug-likeness (QED) is 0.232. The number of rotatable bonds is 7. The number of nitrogens with one attached hydrogen (secondary N) is 1. The van der Waals surface area contributed by atoms with E-state index in [9.17, 15) is 24.5 Å². The Labute approximate surface area is 225 Å². The van der Waals surface area contributed by atoms with Gasteiger partial charge in [-0.1, -0.05) is 35.5 Å². The summed E-state index contributed by atoms with van der Waals surface area (Å²) < 4.78 is 10.5. The molecule has 0 spiro atoms. The van der Waals surface area contributed by atoms with Gasteiger partial charge in [-0.3, -0.25) is 29.4 Å². The molecule has 0 bridgehead atoms. The van der Waals surface area contributed by atoms with Crippen LogP contribution in [-0.2, 0) is 9.59 Å². The molecule has 2 aliphatic heterocycles. The molecule has 10 nitrogen and oxygen atoms in total. The zero-order valence-electron chi connectivity index (χ0n) is 19.8. The molecule has 0 unspecified atom stereocenters. The van der Waals surface area contributed by atoms with Crippen LogP contribution in [0.5, 0.6) is 11.5 Å². The normalized spacial score (nSPS) is 15.3. The first-order chi connectivity index (χ1) is 18.3. The number of nitro benzene ring substituents is 1. The Bertz CT molecular complexity index is 1510. The minimum absolute atomic E-state index is 0.0686. The molecule has 0 aliphatic carbocycles. The van der Waals surface area contributed by atoms with Crippen LogP contribution in [0.25, 0.3) is 6.08 Å². The van der Waals surface area contributed by atoms with Gasteiger partial charge in [0.05, 0.1) is 14.7 Å². The average molecular weight is 550 g/mol. The summed E-state index contributed by atoms with van der Waals surface area (Å²) in [5.41, 5.74) is 1.78. The summed E-state index contributed by atoms with van der Waals surface area (Å²) in [7, 11) is 0. The van der Waals surface area contributed by atoms with Gasteiger partial charge in [0.25, 0.3) is 16.8 Å². The molecule has 5 rings (SSSR count). The first-order valence-corrected chi connectivity index (χ1v) is 12.9. The van der Waals surface area contributed by atoms with Crippen LogP contribution in [0, 0.1) is 17.0 Å². The fourth-order valence-electron chi connectivity index (χ4n) is 3.69. The summed E-state index contributed by atoms with van der Waals surface area (Å²) in [6.07, 6.45) is 1.41. The maximum absolute atomic E-state index is 12.9. The highest BCUT2D eigenvalue weighted by molar-refractivity contribution is 8.18. The smallest absolute Gasteiger partial charge is 0.294 e. The van der Waals surface area contributed by atoms with Gasteiger partial charge >= 0.3 is 0 Å². The molecule has 38 heavy (non-hydrogen) atoms. The molecule has 0 radical (unpaired) electrons. The van der Waals surface area contributed by atoms with Gasteiger partial charge in [0.2, 0.25) is 12.7 Å². The first-order valence-electron chi connectivity index (χ1n) is 11.2. The van der Waals surface area contributed by atoms with Crippen molar-refractivity contribution in [3.63, 3.8) is 0 Å². The van der Waals surface area contributed by atoms with Gasteiger partial charge in [-0.05, 0) is 60.7 Å². The van der Waals surface area contributed by atoms with Gasteiger partial charge < -0.3 is 14.8 Å². The lowest BCUT2D eigenvalue weighted by atomic mass is 10.2. The second-order valence-corrected chi connectivity index (χ2v) is 10.4. The van der Waals surface area contributed by atoms with Crippen molar-refractivity contribution in [2.45, 2.75) is 16.7 Å². The van der Waals surface area contributed by atoms with Crippen molar-refractivity contribution in [2.24, 2.45) is 0 Å². The fraction of sp³-hybridized carbons (Fsp3) is 0.115. The van der Waals surface area contributed by atoms with Gasteiger partial charge in [-0.25, -0.2) is 0 Å². The van der Waals surface area contributed by atoms with Crippen LogP contribution < -0.4 is 14.8 Å². The molecule has 0 atom stereocenters.